The normalized spacial score (nSPS) is 19.7. The van der Waals surface area contributed by atoms with E-state index >= 15 is 0 Å². The molecule has 2 aliphatic carbocycles. The Hall–Kier alpha value is -2.80. The van der Waals surface area contributed by atoms with Crippen LogP contribution in [0.25, 0.3) is 0 Å². The summed E-state index contributed by atoms with van der Waals surface area (Å²) in [5, 5.41) is 33.9. The summed E-state index contributed by atoms with van der Waals surface area (Å²) in [7, 11) is 2.66. The maximum absolute atomic E-state index is 13.7. The van der Waals surface area contributed by atoms with E-state index in [0.29, 0.717) is 33.3 Å². The van der Waals surface area contributed by atoms with Crippen LogP contribution in [0.2, 0.25) is 0 Å². The molecule has 0 amide bonds. The van der Waals surface area contributed by atoms with Gasteiger partial charge in [0.25, 0.3) is 0 Å². The van der Waals surface area contributed by atoms with Crippen LogP contribution in [0.3, 0.4) is 0 Å². The van der Waals surface area contributed by atoms with Gasteiger partial charge in [-0.15, -0.1) is 0 Å². The minimum Gasteiger partial charge on any atom is -0.383 e. The van der Waals surface area contributed by atoms with Crippen molar-refractivity contribution in [2.75, 3.05) is 0 Å². The predicted molar refractivity (Wildman–Crippen MR) is 156 cm³/mol. The molecule has 4 aromatic rings. The summed E-state index contributed by atoms with van der Waals surface area (Å²) < 4.78 is 30.7. The highest BCUT2D eigenvalue weighted by Gasteiger charge is 2.46. The first-order valence-electron chi connectivity index (χ1n) is 14.2. The van der Waals surface area contributed by atoms with Crippen LogP contribution in [0.1, 0.15) is 50.7 Å². The van der Waals surface area contributed by atoms with Crippen LogP contribution in [-0.2, 0) is 24.3 Å². The van der Waals surface area contributed by atoms with E-state index in [1.165, 1.54) is 58.5 Å². The third-order valence-electron chi connectivity index (χ3n) is 8.99. The molecule has 2 aromatic carbocycles. The van der Waals surface area contributed by atoms with Gasteiger partial charge in [0.2, 0.25) is 0 Å². The summed E-state index contributed by atoms with van der Waals surface area (Å²) in [4.78, 5) is 8.86. The third kappa shape index (κ3) is 5.99. The molecule has 6 rings (SSSR count). The Bertz CT molecular complexity index is 1390. The molecular weight excluding hydrogens is 579 g/mol. The van der Waals surface area contributed by atoms with Crippen molar-refractivity contribution in [2.45, 2.75) is 74.1 Å². The Balaban J connectivity index is 1.21. The Morgan fingerprint density at radius 2 is 1.07 bits per heavy atom. The largest absolute Gasteiger partial charge is 0.383 e. The number of aromatic nitrogens is 6. The first-order chi connectivity index (χ1) is 20.2. The Kier molecular flexibility index (Phi) is 8.16. The maximum atomic E-state index is 13.7. The zero-order valence-electron chi connectivity index (χ0n) is 23.5. The Morgan fingerprint density at radius 1 is 0.714 bits per heavy atom. The van der Waals surface area contributed by atoms with Gasteiger partial charge in [-0.1, -0.05) is 38.1 Å². The lowest BCUT2D eigenvalue weighted by Crippen LogP contribution is -2.40. The standard InChI is InChI=1S/C30H34F2N6O2S2/c1-19(21-3-4-21)29(39,23-7-11-25(31)12-8-23)15-37-27(33-17-35-37)41-42-28-34-18-36-38(28)16-30(40,20(2)22-5-6-22)24-9-13-26(32)14-10-24/h7-14,17-22,39-40H,3-6,15-16H2,1-2H3. The summed E-state index contributed by atoms with van der Waals surface area (Å²) in [6.45, 7) is 4.39. The van der Waals surface area contributed by atoms with Crippen molar-refractivity contribution in [3.63, 3.8) is 0 Å². The van der Waals surface area contributed by atoms with Crippen molar-refractivity contribution in [2.24, 2.45) is 23.7 Å². The van der Waals surface area contributed by atoms with Crippen LogP contribution in [0, 0.1) is 35.3 Å². The molecule has 0 spiro atoms. The lowest BCUT2D eigenvalue weighted by atomic mass is 9.79. The first-order valence-corrected chi connectivity index (χ1v) is 16.4. The number of benzene rings is 2. The number of aliphatic hydroxyl groups is 2. The highest BCUT2D eigenvalue weighted by Crippen LogP contribution is 2.48. The number of halogens is 2. The topological polar surface area (TPSA) is 102 Å². The molecule has 222 valence electrons. The molecule has 2 fully saturated rings. The Labute approximate surface area is 251 Å². The molecule has 4 unspecified atom stereocenters. The van der Waals surface area contributed by atoms with Crippen LogP contribution < -0.4 is 0 Å². The fraction of sp³-hybridized carbons (Fsp3) is 0.467. The van der Waals surface area contributed by atoms with E-state index in [2.05, 4.69) is 20.2 Å². The fourth-order valence-electron chi connectivity index (χ4n) is 5.83. The monoisotopic (exact) mass is 612 g/mol. The molecule has 0 radical (unpaired) electrons. The quantitative estimate of drug-likeness (QED) is 0.182. The number of hydrogen-bond acceptors (Lipinski definition) is 8. The molecular formula is C30H34F2N6O2S2. The number of hydrogen-bond donors (Lipinski definition) is 2. The van der Waals surface area contributed by atoms with E-state index in [9.17, 15) is 19.0 Å². The smallest absolute Gasteiger partial charge is 0.197 e. The van der Waals surface area contributed by atoms with Crippen molar-refractivity contribution in [1.29, 1.82) is 0 Å². The van der Waals surface area contributed by atoms with E-state index in [-0.39, 0.29) is 36.6 Å². The van der Waals surface area contributed by atoms with Gasteiger partial charge in [-0.3, -0.25) is 0 Å². The average Bonchev–Trinajstić information content (AvgIpc) is 3.92. The van der Waals surface area contributed by atoms with Crippen molar-refractivity contribution in [3.05, 3.63) is 83.9 Å². The van der Waals surface area contributed by atoms with Gasteiger partial charge in [-0.2, -0.15) is 10.2 Å². The zero-order valence-corrected chi connectivity index (χ0v) is 25.1. The maximum Gasteiger partial charge on any atom is 0.197 e. The molecule has 2 N–H and O–H groups in total. The molecule has 2 aliphatic rings. The lowest BCUT2D eigenvalue weighted by Gasteiger charge is -2.35. The van der Waals surface area contributed by atoms with E-state index in [4.69, 9.17) is 0 Å². The van der Waals surface area contributed by atoms with E-state index in [0.717, 1.165) is 25.7 Å². The van der Waals surface area contributed by atoms with Crippen LogP contribution in [-0.4, -0.2) is 39.7 Å². The molecule has 42 heavy (non-hydrogen) atoms. The molecule has 4 atom stereocenters. The highest BCUT2D eigenvalue weighted by atomic mass is 33.1. The second-order valence-electron chi connectivity index (χ2n) is 11.7. The van der Waals surface area contributed by atoms with E-state index < -0.39 is 11.2 Å². The van der Waals surface area contributed by atoms with Crippen LogP contribution in [0.5, 0.6) is 0 Å². The molecule has 0 saturated heterocycles. The minimum absolute atomic E-state index is 0.0571. The second kappa shape index (κ2) is 11.7. The van der Waals surface area contributed by atoms with Gasteiger partial charge in [-0.05, 0) is 106 Å². The van der Waals surface area contributed by atoms with Crippen molar-refractivity contribution in [1.82, 2.24) is 29.5 Å². The first kappa shape index (κ1) is 29.3. The highest BCUT2D eigenvalue weighted by molar-refractivity contribution is 8.76. The third-order valence-corrected chi connectivity index (χ3v) is 11.1. The van der Waals surface area contributed by atoms with Gasteiger partial charge in [0.15, 0.2) is 10.3 Å². The summed E-state index contributed by atoms with van der Waals surface area (Å²) in [6.07, 6.45) is 7.12. The second-order valence-corrected chi connectivity index (χ2v) is 13.7. The average molecular weight is 613 g/mol. The fourth-order valence-corrected chi connectivity index (χ4v) is 7.78. The van der Waals surface area contributed by atoms with Gasteiger partial charge in [0.05, 0.1) is 13.1 Å². The molecule has 2 aromatic heterocycles. The molecule has 8 nitrogen and oxygen atoms in total. The van der Waals surface area contributed by atoms with Crippen molar-refractivity contribution < 1.29 is 19.0 Å². The summed E-state index contributed by atoms with van der Waals surface area (Å²) in [5.74, 6) is -0.0289. The molecule has 0 bridgehead atoms. The summed E-state index contributed by atoms with van der Waals surface area (Å²) >= 11 is 0. The van der Waals surface area contributed by atoms with Crippen LogP contribution >= 0.6 is 21.6 Å². The Morgan fingerprint density at radius 3 is 1.40 bits per heavy atom. The molecule has 2 heterocycles. The van der Waals surface area contributed by atoms with Gasteiger partial charge in [-0.25, -0.2) is 28.1 Å². The number of rotatable bonds is 13. The molecule has 2 saturated carbocycles. The van der Waals surface area contributed by atoms with Crippen LogP contribution in [0.4, 0.5) is 8.78 Å². The van der Waals surface area contributed by atoms with Crippen molar-refractivity contribution >= 4 is 21.6 Å². The van der Waals surface area contributed by atoms with Gasteiger partial charge in [0, 0.05) is 0 Å². The van der Waals surface area contributed by atoms with E-state index in [1.807, 2.05) is 13.8 Å². The predicted octanol–water partition coefficient (Wildman–Crippen LogP) is 5.82. The SMILES string of the molecule is CC(C1CC1)C(O)(Cn1ncnc1SSc1ncnn1CC(O)(c1ccc(F)cc1)C(C)C1CC1)c1ccc(F)cc1. The number of nitrogens with zero attached hydrogens (tertiary/aromatic N) is 6. The lowest BCUT2D eigenvalue weighted by molar-refractivity contribution is -0.0466. The summed E-state index contributed by atoms with van der Waals surface area (Å²) in [5.41, 5.74) is -1.22. The molecule has 0 aliphatic heterocycles. The van der Waals surface area contributed by atoms with Gasteiger partial charge >= 0.3 is 0 Å². The minimum atomic E-state index is -1.26. The van der Waals surface area contributed by atoms with Crippen molar-refractivity contribution in [3.8, 4) is 0 Å². The van der Waals surface area contributed by atoms with Gasteiger partial charge in [0.1, 0.15) is 35.5 Å². The zero-order chi connectivity index (χ0) is 29.5. The molecule has 12 heteroatoms. The van der Waals surface area contributed by atoms with Crippen LogP contribution in [0.15, 0.2) is 71.5 Å². The summed E-state index contributed by atoms with van der Waals surface area (Å²) in [6, 6.07) is 12.0. The van der Waals surface area contributed by atoms with E-state index in [1.54, 1.807) is 33.6 Å². The van der Waals surface area contributed by atoms with Gasteiger partial charge < -0.3 is 10.2 Å².